The summed E-state index contributed by atoms with van der Waals surface area (Å²) >= 11 is 12.8. The first-order valence-corrected chi connectivity index (χ1v) is 11.2. The lowest BCUT2D eigenvalue weighted by Gasteiger charge is -2.13. The highest BCUT2D eigenvalue weighted by Crippen LogP contribution is 2.35. The third-order valence-corrected chi connectivity index (χ3v) is 6.14. The van der Waals surface area contributed by atoms with E-state index in [1.54, 1.807) is 36.4 Å². The standard InChI is InChI=1S/C23H15Cl2NO6S/c24-14-2-4-15(5-3-14)31-10-9-26-21(27)20(33-23(26)30)12-16-6-8-19(32-16)17-11-13(22(28)29)1-7-18(17)25/h1-8,11-12H,9-10H2,(H,28,29)/b20-12-. The Morgan fingerprint density at radius 1 is 1.09 bits per heavy atom. The van der Waals surface area contributed by atoms with Gasteiger partial charge in [-0.2, -0.15) is 0 Å². The van der Waals surface area contributed by atoms with Crippen molar-refractivity contribution in [2.75, 3.05) is 13.2 Å². The van der Waals surface area contributed by atoms with Crippen LogP contribution in [0.25, 0.3) is 17.4 Å². The first-order chi connectivity index (χ1) is 15.8. The third-order valence-electron chi connectivity index (χ3n) is 4.65. The molecule has 33 heavy (non-hydrogen) atoms. The molecule has 1 saturated heterocycles. The van der Waals surface area contributed by atoms with Gasteiger partial charge in [0.25, 0.3) is 11.1 Å². The number of halogens is 2. The fraction of sp³-hybridized carbons (Fsp3) is 0.0870. The molecule has 7 nitrogen and oxygen atoms in total. The molecule has 168 valence electrons. The van der Waals surface area contributed by atoms with Crippen LogP contribution in [0.15, 0.2) is 63.9 Å². The minimum absolute atomic E-state index is 0.0642. The van der Waals surface area contributed by atoms with Crippen molar-refractivity contribution >= 4 is 58.2 Å². The molecule has 2 heterocycles. The van der Waals surface area contributed by atoms with E-state index < -0.39 is 17.1 Å². The van der Waals surface area contributed by atoms with Crippen LogP contribution in [0.1, 0.15) is 16.1 Å². The van der Waals surface area contributed by atoms with E-state index in [0.717, 1.165) is 16.7 Å². The maximum Gasteiger partial charge on any atom is 0.335 e. The Kier molecular flexibility index (Phi) is 6.78. The van der Waals surface area contributed by atoms with Crippen molar-refractivity contribution in [3.8, 4) is 17.1 Å². The van der Waals surface area contributed by atoms with Gasteiger partial charge in [0, 0.05) is 16.7 Å². The number of ether oxygens (including phenoxy) is 1. The van der Waals surface area contributed by atoms with E-state index in [-0.39, 0.29) is 23.6 Å². The van der Waals surface area contributed by atoms with Crippen molar-refractivity contribution < 1.29 is 28.6 Å². The Labute approximate surface area is 202 Å². The van der Waals surface area contributed by atoms with Crippen molar-refractivity contribution in [1.29, 1.82) is 0 Å². The van der Waals surface area contributed by atoms with Crippen LogP contribution < -0.4 is 4.74 Å². The minimum Gasteiger partial charge on any atom is -0.492 e. The van der Waals surface area contributed by atoms with Crippen LogP contribution in [0.3, 0.4) is 0 Å². The molecule has 1 fully saturated rings. The second-order valence-corrected chi connectivity index (χ2v) is 8.67. The number of carboxylic acid groups (broad SMARTS) is 1. The predicted molar refractivity (Wildman–Crippen MR) is 126 cm³/mol. The lowest BCUT2D eigenvalue weighted by atomic mass is 10.1. The number of furan rings is 1. The number of imide groups is 1. The number of rotatable bonds is 7. The van der Waals surface area contributed by atoms with Gasteiger partial charge in [-0.05, 0) is 66.4 Å². The van der Waals surface area contributed by atoms with Gasteiger partial charge in [0.1, 0.15) is 23.9 Å². The van der Waals surface area contributed by atoms with Gasteiger partial charge in [-0.25, -0.2) is 4.79 Å². The van der Waals surface area contributed by atoms with E-state index in [0.29, 0.717) is 32.9 Å². The van der Waals surface area contributed by atoms with Crippen molar-refractivity contribution in [2.24, 2.45) is 0 Å². The van der Waals surface area contributed by atoms with Gasteiger partial charge in [-0.15, -0.1) is 0 Å². The highest BCUT2D eigenvalue weighted by atomic mass is 35.5. The average molecular weight is 504 g/mol. The van der Waals surface area contributed by atoms with Gasteiger partial charge in [0.2, 0.25) is 0 Å². The molecule has 1 aromatic heterocycles. The topological polar surface area (TPSA) is 97.0 Å². The number of hydrogen-bond donors (Lipinski definition) is 1. The van der Waals surface area contributed by atoms with E-state index in [4.69, 9.17) is 32.4 Å². The summed E-state index contributed by atoms with van der Waals surface area (Å²) in [5, 5.41) is 9.68. The summed E-state index contributed by atoms with van der Waals surface area (Å²) in [5.74, 6) is -0.299. The molecule has 1 aliphatic heterocycles. The Morgan fingerprint density at radius 2 is 1.85 bits per heavy atom. The first kappa shape index (κ1) is 23.0. The number of aromatic carboxylic acids is 1. The minimum atomic E-state index is -1.09. The van der Waals surface area contributed by atoms with Crippen LogP contribution in [0.2, 0.25) is 10.0 Å². The average Bonchev–Trinajstić information content (AvgIpc) is 3.35. The monoisotopic (exact) mass is 503 g/mol. The van der Waals surface area contributed by atoms with Gasteiger partial charge < -0.3 is 14.3 Å². The largest absolute Gasteiger partial charge is 0.492 e. The number of carbonyl (C=O) groups excluding carboxylic acids is 2. The van der Waals surface area contributed by atoms with E-state index in [9.17, 15) is 19.5 Å². The molecule has 1 N–H and O–H groups in total. The molecule has 10 heteroatoms. The Balaban J connectivity index is 1.45. The molecule has 0 unspecified atom stereocenters. The van der Waals surface area contributed by atoms with Crippen molar-refractivity contribution in [2.45, 2.75) is 0 Å². The van der Waals surface area contributed by atoms with Crippen molar-refractivity contribution in [1.82, 2.24) is 4.90 Å². The van der Waals surface area contributed by atoms with Crippen molar-refractivity contribution in [3.63, 3.8) is 0 Å². The summed E-state index contributed by atoms with van der Waals surface area (Å²) in [6, 6.07) is 14.3. The molecule has 0 spiro atoms. The normalized spacial score (nSPS) is 14.8. The number of carboxylic acids is 1. The zero-order valence-corrected chi connectivity index (χ0v) is 19.1. The number of amides is 2. The Hall–Kier alpha value is -3.20. The molecule has 3 aromatic rings. The highest BCUT2D eigenvalue weighted by Gasteiger charge is 2.35. The number of carbonyl (C=O) groups is 3. The summed E-state index contributed by atoms with van der Waals surface area (Å²) in [6.45, 7) is 0.224. The van der Waals surface area contributed by atoms with Crippen LogP contribution >= 0.6 is 35.0 Å². The molecule has 0 radical (unpaired) electrons. The van der Waals surface area contributed by atoms with Crippen LogP contribution in [-0.4, -0.2) is 40.3 Å². The molecule has 0 aliphatic carbocycles. The number of hydrogen-bond acceptors (Lipinski definition) is 6. The van der Waals surface area contributed by atoms with Gasteiger partial charge >= 0.3 is 5.97 Å². The number of benzene rings is 2. The maximum absolute atomic E-state index is 12.7. The zero-order chi connectivity index (χ0) is 23.5. The number of nitrogens with zero attached hydrogens (tertiary/aromatic N) is 1. The van der Waals surface area contributed by atoms with Gasteiger partial charge in [0.05, 0.1) is 22.0 Å². The van der Waals surface area contributed by atoms with Crippen LogP contribution in [0.5, 0.6) is 5.75 Å². The fourth-order valence-electron chi connectivity index (χ4n) is 3.03. The van der Waals surface area contributed by atoms with Gasteiger partial charge in [-0.3, -0.25) is 14.5 Å². The maximum atomic E-state index is 12.7. The van der Waals surface area contributed by atoms with E-state index in [1.165, 1.54) is 24.3 Å². The molecule has 4 rings (SSSR count). The Bertz CT molecular complexity index is 1270. The molecular weight excluding hydrogens is 489 g/mol. The van der Waals surface area contributed by atoms with Crippen LogP contribution in [0.4, 0.5) is 4.79 Å². The van der Waals surface area contributed by atoms with Crippen LogP contribution in [-0.2, 0) is 4.79 Å². The third kappa shape index (κ3) is 5.24. The van der Waals surface area contributed by atoms with E-state index in [1.807, 2.05) is 0 Å². The first-order valence-electron chi connectivity index (χ1n) is 9.58. The second-order valence-electron chi connectivity index (χ2n) is 6.84. The summed E-state index contributed by atoms with van der Waals surface area (Å²) in [4.78, 5) is 37.5. The molecular formula is C23H15Cl2NO6S. The van der Waals surface area contributed by atoms with Gasteiger partial charge in [-0.1, -0.05) is 23.2 Å². The lowest BCUT2D eigenvalue weighted by molar-refractivity contribution is -0.123. The van der Waals surface area contributed by atoms with Gasteiger partial charge in [0.15, 0.2) is 0 Å². The summed E-state index contributed by atoms with van der Waals surface area (Å²) < 4.78 is 11.3. The molecule has 0 bridgehead atoms. The molecule has 1 aliphatic rings. The fourth-order valence-corrected chi connectivity index (χ4v) is 4.21. The lowest BCUT2D eigenvalue weighted by Crippen LogP contribution is -2.32. The van der Waals surface area contributed by atoms with E-state index in [2.05, 4.69) is 0 Å². The molecule has 0 atom stereocenters. The second kappa shape index (κ2) is 9.74. The summed E-state index contributed by atoms with van der Waals surface area (Å²) in [7, 11) is 0. The highest BCUT2D eigenvalue weighted by molar-refractivity contribution is 8.18. The predicted octanol–water partition coefficient (Wildman–Crippen LogP) is 6.07. The molecule has 2 amide bonds. The molecule has 0 saturated carbocycles. The molecule has 2 aromatic carbocycles. The summed E-state index contributed by atoms with van der Waals surface area (Å²) in [5.41, 5.74) is 0.470. The summed E-state index contributed by atoms with van der Waals surface area (Å²) in [6.07, 6.45) is 1.46. The zero-order valence-electron chi connectivity index (χ0n) is 16.8. The van der Waals surface area contributed by atoms with Crippen molar-refractivity contribution in [3.05, 3.63) is 80.9 Å². The quantitative estimate of drug-likeness (QED) is 0.390. The Morgan fingerprint density at radius 3 is 2.58 bits per heavy atom. The smallest absolute Gasteiger partial charge is 0.335 e. The number of thioether (sulfide) groups is 1. The SMILES string of the molecule is O=C(O)c1ccc(Cl)c(-c2ccc(/C=C3\SC(=O)N(CCOc4ccc(Cl)cc4)C3=O)o2)c1. The van der Waals surface area contributed by atoms with Crippen LogP contribution in [0, 0.1) is 0 Å². The van der Waals surface area contributed by atoms with E-state index >= 15 is 0 Å².